The normalized spacial score (nSPS) is 12.5. The van der Waals surface area contributed by atoms with Crippen LogP contribution in [0.2, 0.25) is 0 Å². The molecule has 2 nitrogen and oxygen atoms in total. The Kier molecular flexibility index (Phi) is 2.17. The fourth-order valence-electron chi connectivity index (χ4n) is 0.846. The van der Waals surface area contributed by atoms with Gasteiger partial charge in [0.1, 0.15) is 5.69 Å². The van der Waals surface area contributed by atoms with Crippen molar-refractivity contribution in [2.75, 3.05) is 0 Å². The second-order valence-corrected chi connectivity index (χ2v) is 3.19. The van der Waals surface area contributed by atoms with Crippen LogP contribution in [-0.2, 0) is 5.92 Å². The lowest BCUT2D eigenvalue weighted by atomic mass is 10.3. The van der Waals surface area contributed by atoms with E-state index >= 15 is 0 Å². The van der Waals surface area contributed by atoms with Crippen LogP contribution in [0.3, 0.4) is 0 Å². The van der Waals surface area contributed by atoms with Crippen LogP contribution in [0.4, 0.5) is 8.78 Å². The van der Waals surface area contributed by atoms with Gasteiger partial charge in [0.2, 0.25) is 0 Å². The summed E-state index contributed by atoms with van der Waals surface area (Å²) in [6, 6.07) is 0.175. The number of aromatic nitrogens is 2. The van der Waals surface area contributed by atoms with E-state index in [0.717, 1.165) is 6.92 Å². The minimum atomic E-state index is -2.83. The van der Waals surface area contributed by atoms with Crippen LogP contribution in [0.15, 0.2) is 12.5 Å². The molecule has 12 heavy (non-hydrogen) atoms. The summed E-state index contributed by atoms with van der Waals surface area (Å²) in [6.45, 7) is 4.68. The third-order valence-corrected chi connectivity index (χ3v) is 1.65. The highest BCUT2D eigenvalue weighted by Gasteiger charge is 2.27. The zero-order chi connectivity index (χ0) is 9.35. The van der Waals surface area contributed by atoms with E-state index < -0.39 is 5.92 Å². The van der Waals surface area contributed by atoms with Crippen molar-refractivity contribution >= 4 is 0 Å². The van der Waals surface area contributed by atoms with Crippen LogP contribution in [0.1, 0.15) is 32.5 Å². The smallest absolute Gasteiger partial charge is 0.288 e. The Bertz CT molecular complexity index is 260. The first-order valence-corrected chi connectivity index (χ1v) is 3.83. The summed E-state index contributed by atoms with van der Waals surface area (Å²) in [5.41, 5.74) is -0.170. The predicted molar refractivity (Wildman–Crippen MR) is 42.2 cm³/mol. The maximum absolute atomic E-state index is 12.7. The van der Waals surface area contributed by atoms with E-state index in [1.807, 2.05) is 13.8 Å². The number of imidazole rings is 1. The Hall–Kier alpha value is -0.930. The van der Waals surface area contributed by atoms with Crippen molar-refractivity contribution in [2.24, 2.45) is 0 Å². The molecule has 0 N–H and O–H groups in total. The summed E-state index contributed by atoms with van der Waals surface area (Å²) in [7, 11) is 0. The first-order chi connectivity index (χ1) is 5.41. The predicted octanol–water partition coefficient (Wildman–Crippen LogP) is 2.58. The van der Waals surface area contributed by atoms with Crippen molar-refractivity contribution in [3.8, 4) is 0 Å². The van der Waals surface area contributed by atoms with E-state index in [1.54, 1.807) is 4.57 Å². The third-order valence-electron chi connectivity index (χ3n) is 1.65. The molecule has 0 fully saturated rings. The number of hydrogen-bond acceptors (Lipinski definition) is 1. The minimum absolute atomic E-state index is 0.170. The van der Waals surface area contributed by atoms with Crippen molar-refractivity contribution in [2.45, 2.75) is 32.7 Å². The lowest BCUT2D eigenvalue weighted by Gasteiger charge is -2.06. The van der Waals surface area contributed by atoms with Gasteiger partial charge in [0.05, 0.1) is 6.33 Å². The molecule has 0 aliphatic carbocycles. The first-order valence-electron chi connectivity index (χ1n) is 3.83. The number of nitrogens with zero attached hydrogens (tertiary/aromatic N) is 2. The zero-order valence-corrected chi connectivity index (χ0v) is 7.38. The molecule has 0 saturated heterocycles. The molecule has 68 valence electrons. The molecule has 0 radical (unpaired) electrons. The van der Waals surface area contributed by atoms with E-state index in [-0.39, 0.29) is 11.7 Å². The highest BCUT2D eigenvalue weighted by atomic mass is 19.3. The monoisotopic (exact) mass is 174 g/mol. The Labute approximate surface area is 70.2 Å². The van der Waals surface area contributed by atoms with Crippen molar-refractivity contribution < 1.29 is 8.78 Å². The lowest BCUT2D eigenvalue weighted by Crippen LogP contribution is -2.07. The second-order valence-electron chi connectivity index (χ2n) is 3.19. The Balaban J connectivity index is 2.92. The van der Waals surface area contributed by atoms with Gasteiger partial charge in [0.15, 0.2) is 0 Å². The van der Waals surface area contributed by atoms with Crippen LogP contribution >= 0.6 is 0 Å². The topological polar surface area (TPSA) is 17.8 Å². The molecule has 4 heteroatoms. The third kappa shape index (κ3) is 1.81. The average molecular weight is 174 g/mol. The van der Waals surface area contributed by atoms with Crippen LogP contribution in [0.25, 0.3) is 0 Å². The largest absolute Gasteiger partial charge is 0.334 e. The highest BCUT2D eigenvalue weighted by molar-refractivity contribution is 5.04. The minimum Gasteiger partial charge on any atom is -0.334 e. The van der Waals surface area contributed by atoms with E-state index in [2.05, 4.69) is 4.98 Å². The zero-order valence-electron chi connectivity index (χ0n) is 7.38. The SMILES string of the molecule is CC(C)n1cnc(C(C)(F)F)c1. The number of hydrogen-bond donors (Lipinski definition) is 0. The molecule has 0 aromatic carbocycles. The standard InChI is InChI=1S/C8H12F2N2/c1-6(2)12-4-7(11-5-12)8(3,9)10/h4-6H,1-3H3. The molecule has 0 saturated carbocycles. The highest BCUT2D eigenvalue weighted by Crippen LogP contribution is 2.25. The van der Waals surface area contributed by atoms with E-state index in [9.17, 15) is 8.78 Å². The van der Waals surface area contributed by atoms with Gasteiger partial charge in [-0.05, 0) is 13.8 Å². The van der Waals surface area contributed by atoms with Crippen molar-refractivity contribution in [1.82, 2.24) is 9.55 Å². The van der Waals surface area contributed by atoms with Crippen LogP contribution < -0.4 is 0 Å². The molecule has 1 aromatic heterocycles. The summed E-state index contributed by atoms with van der Waals surface area (Å²) in [5.74, 6) is -2.83. The Morgan fingerprint density at radius 2 is 2.08 bits per heavy atom. The van der Waals surface area contributed by atoms with Gasteiger partial charge < -0.3 is 4.57 Å². The second kappa shape index (κ2) is 2.84. The van der Waals surface area contributed by atoms with Crippen LogP contribution in [0.5, 0.6) is 0 Å². The molecule has 0 aliphatic rings. The number of alkyl halides is 2. The van der Waals surface area contributed by atoms with Crippen LogP contribution in [-0.4, -0.2) is 9.55 Å². The maximum Gasteiger partial charge on any atom is 0.288 e. The van der Waals surface area contributed by atoms with Gasteiger partial charge >= 0.3 is 0 Å². The van der Waals surface area contributed by atoms with E-state index in [1.165, 1.54) is 12.5 Å². The molecule has 0 atom stereocenters. The van der Waals surface area contributed by atoms with Crippen LogP contribution in [0, 0.1) is 0 Å². The van der Waals surface area contributed by atoms with Gasteiger partial charge in [-0.1, -0.05) is 0 Å². The Morgan fingerprint density at radius 3 is 2.33 bits per heavy atom. The summed E-state index contributed by atoms with van der Waals surface area (Å²) < 4.78 is 27.0. The molecular weight excluding hydrogens is 162 g/mol. The van der Waals surface area contributed by atoms with Crippen molar-refractivity contribution in [1.29, 1.82) is 0 Å². The molecule has 0 bridgehead atoms. The maximum atomic E-state index is 12.7. The quantitative estimate of drug-likeness (QED) is 0.673. The van der Waals surface area contributed by atoms with Gasteiger partial charge in [0.25, 0.3) is 5.92 Å². The molecular formula is C8H12F2N2. The van der Waals surface area contributed by atoms with Crippen molar-refractivity contribution in [3.63, 3.8) is 0 Å². The van der Waals surface area contributed by atoms with Gasteiger partial charge in [-0.15, -0.1) is 0 Å². The fraction of sp³-hybridized carbons (Fsp3) is 0.625. The summed E-state index contributed by atoms with van der Waals surface area (Å²) in [6.07, 6.45) is 2.81. The van der Waals surface area contributed by atoms with Gasteiger partial charge in [0, 0.05) is 19.2 Å². The molecule has 0 unspecified atom stereocenters. The van der Waals surface area contributed by atoms with Crippen molar-refractivity contribution in [3.05, 3.63) is 18.2 Å². The van der Waals surface area contributed by atoms with Gasteiger partial charge in [-0.25, -0.2) is 4.98 Å². The molecule has 0 spiro atoms. The van der Waals surface area contributed by atoms with E-state index in [4.69, 9.17) is 0 Å². The molecule has 1 rings (SSSR count). The molecule has 0 amide bonds. The first kappa shape index (κ1) is 9.16. The number of halogens is 2. The average Bonchev–Trinajstić information content (AvgIpc) is 2.30. The van der Waals surface area contributed by atoms with Gasteiger partial charge in [-0.3, -0.25) is 0 Å². The summed E-state index contributed by atoms with van der Waals surface area (Å²) >= 11 is 0. The molecule has 1 heterocycles. The summed E-state index contributed by atoms with van der Waals surface area (Å²) in [4.78, 5) is 3.62. The van der Waals surface area contributed by atoms with Gasteiger partial charge in [-0.2, -0.15) is 8.78 Å². The van der Waals surface area contributed by atoms with E-state index in [0.29, 0.717) is 0 Å². The lowest BCUT2D eigenvalue weighted by molar-refractivity contribution is 0.0130. The number of rotatable bonds is 2. The molecule has 1 aromatic rings. The summed E-state index contributed by atoms with van der Waals surface area (Å²) in [5, 5.41) is 0. The Morgan fingerprint density at radius 1 is 1.50 bits per heavy atom. The molecule has 0 aliphatic heterocycles. The fourth-order valence-corrected chi connectivity index (χ4v) is 0.846.